The molecule has 2 amide bonds. The van der Waals surface area contributed by atoms with E-state index >= 15 is 0 Å². The van der Waals surface area contributed by atoms with E-state index in [0.717, 1.165) is 28.8 Å². The number of halogens is 1. The zero-order valence-electron chi connectivity index (χ0n) is 11.0. The molecule has 1 aliphatic heterocycles. The summed E-state index contributed by atoms with van der Waals surface area (Å²) in [6.45, 7) is 1.19. The molecule has 0 radical (unpaired) electrons. The standard InChI is InChI=1S/C14H17BrN2O2S/c15-11-3-5-12(6-4-11)20-9-13(18)17-7-1-2-10(8-17)14(16)19/h3-6,10H,1-2,7-9H2,(H2,16,19). The van der Waals surface area contributed by atoms with Gasteiger partial charge in [-0.1, -0.05) is 15.9 Å². The number of hydrogen-bond acceptors (Lipinski definition) is 3. The van der Waals surface area contributed by atoms with E-state index in [0.29, 0.717) is 12.3 Å². The molecular formula is C14H17BrN2O2S. The number of benzene rings is 1. The lowest BCUT2D eigenvalue weighted by atomic mass is 9.97. The van der Waals surface area contributed by atoms with Crippen molar-refractivity contribution in [1.29, 1.82) is 0 Å². The molecule has 0 spiro atoms. The third kappa shape index (κ3) is 4.24. The van der Waals surface area contributed by atoms with Crippen LogP contribution in [0.1, 0.15) is 12.8 Å². The molecule has 1 aliphatic rings. The van der Waals surface area contributed by atoms with Gasteiger partial charge in [-0.3, -0.25) is 9.59 Å². The van der Waals surface area contributed by atoms with Gasteiger partial charge in [0, 0.05) is 22.5 Å². The molecule has 2 N–H and O–H groups in total. The van der Waals surface area contributed by atoms with Crippen molar-refractivity contribution >= 4 is 39.5 Å². The van der Waals surface area contributed by atoms with Gasteiger partial charge in [0.15, 0.2) is 0 Å². The average molecular weight is 357 g/mol. The van der Waals surface area contributed by atoms with Crippen molar-refractivity contribution in [3.05, 3.63) is 28.7 Å². The molecule has 1 atom stereocenters. The van der Waals surface area contributed by atoms with Crippen LogP contribution < -0.4 is 5.73 Å². The summed E-state index contributed by atoms with van der Waals surface area (Å²) in [7, 11) is 0. The van der Waals surface area contributed by atoms with Gasteiger partial charge in [0.2, 0.25) is 11.8 Å². The SMILES string of the molecule is NC(=O)C1CCCN(C(=O)CSc2ccc(Br)cc2)C1. The lowest BCUT2D eigenvalue weighted by Crippen LogP contribution is -2.44. The smallest absolute Gasteiger partial charge is 0.232 e. The highest BCUT2D eigenvalue weighted by Crippen LogP contribution is 2.22. The predicted octanol–water partition coefficient (Wildman–Crippen LogP) is 2.27. The Hall–Kier alpha value is -1.01. The van der Waals surface area contributed by atoms with E-state index in [1.807, 2.05) is 24.3 Å². The van der Waals surface area contributed by atoms with Crippen molar-refractivity contribution in [3.63, 3.8) is 0 Å². The Labute approximate surface area is 131 Å². The fourth-order valence-electron chi connectivity index (χ4n) is 2.20. The summed E-state index contributed by atoms with van der Waals surface area (Å²) in [6, 6.07) is 7.86. The van der Waals surface area contributed by atoms with Gasteiger partial charge in [-0.15, -0.1) is 11.8 Å². The number of nitrogens with zero attached hydrogens (tertiary/aromatic N) is 1. The Morgan fingerprint density at radius 3 is 2.70 bits per heavy atom. The number of primary amides is 1. The Balaban J connectivity index is 1.85. The summed E-state index contributed by atoms with van der Waals surface area (Å²) in [5.74, 6) is -0.0232. The van der Waals surface area contributed by atoms with Crippen LogP contribution in [0.25, 0.3) is 0 Å². The molecule has 0 bridgehead atoms. The number of likely N-dealkylation sites (tertiary alicyclic amines) is 1. The van der Waals surface area contributed by atoms with E-state index in [2.05, 4.69) is 15.9 Å². The molecule has 1 aromatic rings. The molecule has 0 saturated carbocycles. The molecule has 1 saturated heterocycles. The number of piperidine rings is 1. The monoisotopic (exact) mass is 356 g/mol. The summed E-state index contributed by atoms with van der Waals surface area (Å²) < 4.78 is 1.02. The molecule has 1 fully saturated rings. The van der Waals surface area contributed by atoms with Crippen LogP contribution in [0.2, 0.25) is 0 Å². The highest BCUT2D eigenvalue weighted by molar-refractivity contribution is 9.10. The third-order valence-electron chi connectivity index (χ3n) is 3.35. The fourth-order valence-corrected chi connectivity index (χ4v) is 3.27. The van der Waals surface area contributed by atoms with E-state index in [-0.39, 0.29) is 17.7 Å². The maximum Gasteiger partial charge on any atom is 0.232 e. The third-order valence-corrected chi connectivity index (χ3v) is 4.88. The Morgan fingerprint density at radius 2 is 2.05 bits per heavy atom. The van der Waals surface area contributed by atoms with Crippen molar-refractivity contribution in [2.24, 2.45) is 11.7 Å². The summed E-state index contributed by atoms with van der Waals surface area (Å²) in [6.07, 6.45) is 1.64. The fraction of sp³-hybridized carbons (Fsp3) is 0.429. The highest BCUT2D eigenvalue weighted by atomic mass is 79.9. The molecular weight excluding hydrogens is 340 g/mol. The van der Waals surface area contributed by atoms with Crippen LogP contribution in [0.3, 0.4) is 0 Å². The molecule has 20 heavy (non-hydrogen) atoms. The maximum atomic E-state index is 12.2. The van der Waals surface area contributed by atoms with Gasteiger partial charge in [-0.25, -0.2) is 0 Å². The second-order valence-electron chi connectivity index (χ2n) is 4.82. The molecule has 1 heterocycles. The first-order valence-electron chi connectivity index (χ1n) is 6.51. The van der Waals surface area contributed by atoms with Gasteiger partial charge in [0.25, 0.3) is 0 Å². The molecule has 6 heteroatoms. The Kier molecular flexibility index (Phi) is 5.48. The summed E-state index contributed by atoms with van der Waals surface area (Å²) in [4.78, 5) is 26.2. The van der Waals surface area contributed by atoms with Crippen molar-refractivity contribution in [2.75, 3.05) is 18.8 Å². The minimum absolute atomic E-state index is 0.0730. The number of rotatable bonds is 4. The average Bonchev–Trinajstić information content (AvgIpc) is 2.46. The van der Waals surface area contributed by atoms with E-state index in [1.165, 1.54) is 11.8 Å². The Morgan fingerprint density at radius 1 is 1.35 bits per heavy atom. The minimum Gasteiger partial charge on any atom is -0.369 e. The first-order chi connectivity index (χ1) is 9.56. The summed E-state index contributed by atoms with van der Waals surface area (Å²) in [5, 5.41) is 0. The molecule has 4 nitrogen and oxygen atoms in total. The van der Waals surface area contributed by atoms with Crippen molar-refractivity contribution < 1.29 is 9.59 Å². The van der Waals surface area contributed by atoms with Gasteiger partial charge >= 0.3 is 0 Å². The molecule has 1 unspecified atom stereocenters. The second kappa shape index (κ2) is 7.13. The zero-order chi connectivity index (χ0) is 14.5. The quantitative estimate of drug-likeness (QED) is 0.841. The number of hydrogen-bond donors (Lipinski definition) is 1. The van der Waals surface area contributed by atoms with E-state index in [4.69, 9.17) is 5.73 Å². The van der Waals surface area contributed by atoms with Gasteiger partial charge in [-0.05, 0) is 37.1 Å². The van der Waals surface area contributed by atoms with E-state index in [1.54, 1.807) is 4.90 Å². The van der Waals surface area contributed by atoms with Crippen molar-refractivity contribution in [3.8, 4) is 0 Å². The number of carbonyl (C=O) groups excluding carboxylic acids is 2. The normalized spacial score (nSPS) is 18.9. The lowest BCUT2D eigenvalue weighted by molar-refractivity contribution is -0.132. The van der Waals surface area contributed by atoms with Crippen LogP contribution in [-0.2, 0) is 9.59 Å². The predicted molar refractivity (Wildman–Crippen MR) is 83.4 cm³/mol. The van der Waals surface area contributed by atoms with Gasteiger partial charge in [0.1, 0.15) is 0 Å². The van der Waals surface area contributed by atoms with Crippen LogP contribution >= 0.6 is 27.7 Å². The molecule has 0 aliphatic carbocycles. The topological polar surface area (TPSA) is 63.4 Å². The van der Waals surface area contributed by atoms with Crippen molar-refractivity contribution in [1.82, 2.24) is 4.90 Å². The number of carbonyl (C=O) groups is 2. The summed E-state index contributed by atoms with van der Waals surface area (Å²) >= 11 is 4.89. The van der Waals surface area contributed by atoms with Crippen LogP contribution in [0.15, 0.2) is 33.6 Å². The first-order valence-corrected chi connectivity index (χ1v) is 8.29. The van der Waals surface area contributed by atoms with Crippen LogP contribution in [0, 0.1) is 5.92 Å². The van der Waals surface area contributed by atoms with Crippen LogP contribution in [0.4, 0.5) is 0 Å². The van der Waals surface area contributed by atoms with Gasteiger partial charge < -0.3 is 10.6 Å². The number of nitrogens with two attached hydrogens (primary N) is 1. The van der Waals surface area contributed by atoms with Crippen LogP contribution in [0.5, 0.6) is 0 Å². The van der Waals surface area contributed by atoms with Gasteiger partial charge in [-0.2, -0.15) is 0 Å². The second-order valence-corrected chi connectivity index (χ2v) is 6.79. The number of thioether (sulfide) groups is 1. The van der Waals surface area contributed by atoms with Gasteiger partial charge in [0.05, 0.1) is 11.7 Å². The minimum atomic E-state index is -0.303. The summed E-state index contributed by atoms with van der Waals surface area (Å²) in [5.41, 5.74) is 5.32. The largest absolute Gasteiger partial charge is 0.369 e. The molecule has 1 aromatic carbocycles. The number of amides is 2. The molecule has 108 valence electrons. The lowest BCUT2D eigenvalue weighted by Gasteiger charge is -2.31. The maximum absolute atomic E-state index is 12.2. The van der Waals surface area contributed by atoms with Crippen molar-refractivity contribution in [2.45, 2.75) is 17.7 Å². The Bertz CT molecular complexity index is 492. The zero-order valence-corrected chi connectivity index (χ0v) is 13.5. The first kappa shape index (κ1) is 15.4. The molecule has 0 aromatic heterocycles. The molecule has 2 rings (SSSR count). The van der Waals surface area contributed by atoms with E-state index in [9.17, 15) is 9.59 Å². The van der Waals surface area contributed by atoms with E-state index < -0.39 is 0 Å². The highest BCUT2D eigenvalue weighted by Gasteiger charge is 2.26. The van der Waals surface area contributed by atoms with Crippen LogP contribution in [-0.4, -0.2) is 35.6 Å².